The first-order valence-corrected chi connectivity index (χ1v) is 8.24. The van der Waals surface area contributed by atoms with Crippen LogP contribution in [-0.2, 0) is 4.79 Å². The van der Waals surface area contributed by atoms with Gasteiger partial charge in [-0.05, 0) is 46.5 Å². The Kier molecular flexibility index (Phi) is 6.09. The minimum absolute atomic E-state index is 0.0106. The molecule has 0 saturated heterocycles. The first kappa shape index (κ1) is 16.6. The summed E-state index contributed by atoms with van der Waals surface area (Å²) in [5.74, 6) is 0.709. The molecule has 0 unspecified atom stereocenters. The number of anilines is 1. The minimum atomic E-state index is -0.0106. The second-order valence-electron chi connectivity index (χ2n) is 5.51. The van der Waals surface area contributed by atoms with Crippen molar-refractivity contribution in [3.8, 4) is 0 Å². The van der Waals surface area contributed by atoms with Crippen molar-refractivity contribution in [1.82, 2.24) is 20.2 Å². The zero-order valence-electron chi connectivity index (χ0n) is 13.3. The van der Waals surface area contributed by atoms with Crippen molar-refractivity contribution < 1.29 is 4.79 Å². The van der Waals surface area contributed by atoms with Gasteiger partial charge in [-0.25, -0.2) is 9.97 Å². The van der Waals surface area contributed by atoms with Crippen molar-refractivity contribution >= 4 is 33.3 Å². The largest absolute Gasteiger partial charge is 0.360 e. The smallest absolute Gasteiger partial charge is 0.239 e. The molecular formula is C15H23N5OS. The van der Waals surface area contributed by atoms with E-state index in [9.17, 15) is 4.79 Å². The van der Waals surface area contributed by atoms with Crippen LogP contribution in [0.4, 0.5) is 5.82 Å². The van der Waals surface area contributed by atoms with Crippen molar-refractivity contribution in [3.63, 3.8) is 0 Å². The summed E-state index contributed by atoms with van der Waals surface area (Å²) in [5.41, 5.74) is 0. The Balaban J connectivity index is 1.76. The van der Waals surface area contributed by atoms with E-state index in [2.05, 4.69) is 39.6 Å². The molecule has 120 valence electrons. The van der Waals surface area contributed by atoms with Gasteiger partial charge in [-0.15, -0.1) is 11.3 Å². The number of rotatable bonds is 8. The van der Waals surface area contributed by atoms with Crippen molar-refractivity contribution in [3.05, 3.63) is 17.3 Å². The normalized spacial score (nSPS) is 11.1. The summed E-state index contributed by atoms with van der Waals surface area (Å²) in [4.78, 5) is 24.6. The molecule has 2 N–H and O–H groups in total. The van der Waals surface area contributed by atoms with Gasteiger partial charge in [0.15, 0.2) is 0 Å². The van der Waals surface area contributed by atoms with Crippen LogP contribution in [0.5, 0.6) is 0 Å². The number of amides is 1. The number of aromatic nitrogens is 2. The van der Waals surface area contributed by atoms with Gasteiger partial charge >= 0.3 is 0 Å². The highest BCUT2D eigenvalue weighted by Gasteiger charge is 2.08. The van der Waals surface area contributed by atoms with Crippen molar-refractivity contribution in [2.75, 3.05) is 39.0 Å². The van der Waals surface area contributed by atoms with Crippen LogP contribution in [0.1, 0.15) is 17.7 Å². The average molecular weight is 321 g/mol. The minimum Gasteiger partial charge on any atom is -0.360 e. The fourth-order valence-corrected chi connectivity index (χ4v) is 2.97. The second kappa shape index (κ2) is 8.05. The lowest BCUT2D eigenvalue weighted by Gasteiger charge is -2.10. The van der Waals surface area contributed by atoms with Crippen molar-refractivity contribution in [1.29, 1.82) is 0 Å². The predicted molar refractivity (Wildman–Crippen MR) is 91.4 cm³/mol. The maximum atomic E-state index is 11.8. The van der Waals surface area contributed by atoms with Crippen LogP contribution in [0.3, 0.4) is 0 Å². The van der Waals surface area contributed by atoms with E-state index in [1.807, 2.05) is 13.0 Å². The number of thiophene rings is 1. The molecule has 2 rings (SSSR count). The van der Waals surface area contributed by atoms with Crippen molar-refractivity contribution in [2.45, 2.75) is 19.8 Å². The van der Waals surface area contributed by atoms with E-state index in [1.54, 1.807) is 11.3 Å². The van der Waals surface area contributed by atoms with Gasteiger partial charge in [-0.2, -0.15) is 0 Å². The number of fused-ring (bicyclic) bond motifs is 1. The van der Waals surface area contributed by atoms with E-state index in [-0.39, 0.29) is 12.5 Å². The Morgan fingerprint density at radius 2 is 2.14 bits per heavy atom. The average Bonchev–Trinajstić information content (AvgIpc) is 2.85. The van der Waals surface area contributed by atoms with E-state index in [0.29, 0.717) is 6.54 Å². The Morgan fingerprint density at radius 3 is 2.91 bits per heavy atom. The van der Waals surface area contributed by atoms with E-state index < -0.39 is 0 Å². The number of carbonyl (C=O) groups is 1. The zero-order chi connectivity index (χ0) is 15.9. The van der Waals surface area contributed by atoms with Gasteiger partial charge in [0.25, 0.3) is 0 Å². The molecule has 2 aromatic rings. The fourth-order valence-electron chi connectivity index (χ4n) is 2.12. The van der Waals surface area contributed by atoms with Gasteiger partial charge in [-0.3, -0.25) is 4.79 Å². The third-order valence-electron chi connectivity index (χ3n) is 3.22. The van der Waals surface area contributed by atoms with E-state index in [0.717, 1.165) is 35.4 Å². The molecule has 0 aliphatic heterocycles. The number of unbranched alkanes of at least 4 members (excludes halogenated alkanes) is 1. The highest BCUT2D eigenvalue weighted by atomic mass is 32.1. The topological polar surface area (TPSA) is 70.2 Å². The first-order chi connectivity index (χ1) is 10.6. The van der Waals surface area contributed by atoms with Crippen LogP contribution < -0.4 is 10.6 Å². The number of hydrogen-bond acceptors (Lipinski definition) is 6. The maximum absolute atomic E-state index is 11.8. The van der Waals surface area contributed by atoms with Crippen LogP contribution in [0.25, 0.3) is 10.2 Å². The summed E-state index contributed by atoms with van der Waals surface area (Å²) in [5, 5.41) is 6.99. The standard InChI is InChI=1S/C15H23N5OS/c1-11-8-12-14(18-10-19-15(12)22-11)17-9-13(21)16-6-4-5-7-20(2)3/h8,10H,4-7,9H2,1-3H3,(H,16,21)(H,17,18,19). The number of carbonyl (C=O) groups excluding carboxylic acids is 1. The van der Waals surface area contributed by atoms with Gasteiger partial charge in [0, 0.05) is 11.4 Å². The Hall–Kier alpha value is -1.73. The molecule has 1 amide bonds. The molecule has 6 nitrogen and oxygen atoms in total. The van der Waals surface area contributed by atoms with E-state index >= 15 is 0 Å². The Morgan fingerprint density at radius 1 is 1.32 bits per heavy atom. The quantitative estimate of drug-likeness (QED) is 0.726. The molecular weight excluding hydrogens is 298 g/mol. The summed E-state index contributed by atoms with van der Waals surface area (Å²) >= 11 is 1.63. The third-order valence-corrected chi connectivity index (χ3v) is 4.18. The second-order valence-corrected chi connectivity index (χ2v) is 6.75. The lowest BCUT2D eigenvalue weighted by atomic mass is 10.3. The highest BCUT2D eigenvalue weighted by molar-refractivity contribution is 7.18. The SMILES string of the molecule is Cc1cc2c(NCC(=O)NCCCCN(C)C)ncnc2s1. The zero-order valence-corrected chi connectivity index (χ0v) is 14.2. The van der Waals surface area contributed by atoms with Crippen molar-refractivity contribution in [2.24, 2.45) is 0 Å². The highest BCUT2D eigenvalue weighted by Crippen LogP contribution is 2.27. The number of aryl methyl sites for hydroxylation is 1. The molecule has 0 aliphatic carbocycles. The maximum Gasteiger partial charge on any atom is 0.239 e. The molecule has 0 fully saturated rings. The van der Waals surface area contributed by atoms with Gasteiger partial charge in [0.2, 0.25) is 5.91 Å². The number of nitrogens with zero attached hydrogens (tertiary/aromatic N) is 3. The monoisotopic (exact) mass is 321 g/mol. The van der Waals surface area contributed by atoms with E-state index in [4.69, 9.17) is 0 Å². The Labute approximate surface area is 134 Å². The molecule has 7 heteroatoms. The molecule has 0 aromatic carbocycles. The van der Waals surface area contributed by atoms with Crippen LogP contribution in [0, 0.1) is 6.92 Å². The number of hydrogen-bond donors (Lipinski definition) is 2. The lowest BCUT2D eigenvalue weighted by Crippen LogP contribution is -2.31. The Bertz CT molecular complexity index is 625. The summed E-state index contributed by atoms with van der Waals surface area (Å²) in [6.07, 6.45) is 3.60. The lowest BCUT2D eigenvalue weighted by molar-refractivity contribution is -0.119. The summed E-state index contributed by atoms with van der Waals surface area (Å²) in [6, 6.07) is 2.04. The molecule has 0 saturated carbocycles. The summed E-state index contributed by atoms with van der Waals surface area (Å²) < 4.78 is 0. The molecule has 0 atom stereocenters. The molecule has 0 aliphatic rings. The number of nitrogens with one attached hydrogen (secondary N) is 2. The van der Waals surface area contributed by atoms with Crippen LogP contribution in [0.2, 0.25) is 0 Å². The molecule has 2 aromatic heterocycles. The fraction of sp³-hybridized carbons (Fsp3) is 0.533. The summed E-state index contributed by atoms with van der Waals surface area (Å²) in [7, 11) is 4.11. The summed E-state index contributed by atoms with van der Waals surface area (Å²) in [6.45, 7) is 4.03. The predicted octanol–water partition coefficient (Wildman–Crippen LogP) is 1.87. The molecule has 0 bridgehead atoms. The molecule has 22 heavy (non-hydrogen) atoms. The first-order valence-electron chi connectivity index (χ1n) is 7.42. The van der Waals surface area contributed by atoms with Crippen LogP contribution >= 0.6 is 11.3 Å². The molecule has 2 heterocycles. The third kappa shape index (κ3) is 4.92. The van der Waals surface area contributed by atoms with Crippen LogP contribution in [-0.4, -0.2) is 54.5 Å². The van der Waals surface area contributed by atoms with Gasteiger partial charge in [0.05, 0.1) is 11.9 Å². The van der Waals surface area contributed by atoms with Gasteiger partial charge in [0.1, 0.15) is 17.0 Å². The van der Waals surface area contributed by atoms with Gasteiger partial charge < -0.3 is 15.5 Å². The van der Waals surface area contributed by atoms with Gasteiger partial charge in [-0.1, -0.05) is 0 Å². The van der Waals surface area contributed by atoms with Crippen LogP contribution in [0.15, 0.2) is 12.4 Å². The molecule has 0 radical (unpaired) electrons. The van der Waals surface area contributed by atoms with E-state index in [1.165, 1.54) is 11.2 Å². The molecule has 0 spiro atoms.